The molecule has 0 aromatic heterocycles. The maximum atomic E-state index is 12.6. The summed E-state index contributed by atoms with van der Waals surface area (Å²) in [5.74, 6) is 0.969. The van der Waals surface area contributed by atoms with Crippen molar-refractivity contribution in [1.82, 2.24) is 4.90 Å². The number of amides is 1. The monoisotopic (exact) mass is 314 g/mol. The normalized spacial score (nSPS) is 19.7. The Morgan fingerprint density at radius 1 is 1.40 bits per heavy atom. The van der Waals surface area contributed by atoms with E-state index in [0.29, 0.717) is 23.5 Å². The molecule has 5 nitrogen and oxygen atoms in total. The lowest BCUT2D eigenvalue weighted by Gasteiger charge is -2.34. The highest BCUT2D eigenvalue weighted by Crippen LogP contribution is 2.24. The van der Waals surface area contributed by atoms with Crippen molar-refractivity contribution in [2.24, 2.45) is 0 Å². The zero-order valence-electron chi connectivity index (χ0n) is 11.5. The minimum absolute atomic E-state index is 0.231. The molecule has 2 rings (SSSR count). The average molecular weight is 314 g/mol. The summed E-state index contributed by atoms with van der Waals surface area (Å²) < 4.78 is 23.7. The Balaban J connectivity index is 2.35. The lowest BCUT2D eigenvalue weighted by molar-refractivity contribution is 0.0750. The first-order valence-electron chi connectivity index (χ1n) is 6.29. The Morgan fingerprint density at radius 3 is 2.75 bits per heavy atom. The van der Waals surface area contributed by atoms with E-state index in [1.807, 2.05) is 6.07 Å². The van der Waals surface area contributed by atoms with Crippen LogP contribution in [-0.4, -0.2) is 56.0 Å². The Hall–Kier alpha value is -1.21. The minimum Gasteiger partial charge on any atom is -0.387 e. The molecule has 1 aromatic carbocycles. The van der Waals surface area contributed by atoms with E-state index in [2.05, 4.69) is 5.32 Å². The summed E-state index contributed by atoms with van der Waals surface area (Å²) in [5, 5.41) is 2.23. The van der Waals surface area contributed by atoms with Gasteiger partial charge in [0, 0.05) is 37.0 Å². The summed E-state index contributed by atoms with van der Waals surface area (Å²) in [5.41, 5.74) is 1.22. The first kappa shape index (κ1) is 15.2. The Morgan fingerprint density at radius 2 is 2.10 bits per heavy atom. The van der Waals surface area contributed by atoms with Gasteiger partial charge in [0.15, 0.2) is 9.84 Å². The Kier molecular flexibility index (Phi) is 4.59. The molecule has 1 saturated heterocycles. The van der Waals surface area contributed by atoms with Crippen LogP contribution in [0.5, 0.6) is 0 Å². The molecule has 1 aliphatic heterocycles. The van der Waals surface area contributed by atoms with E-state index < -0.39 is 15.2 Å². The van der Waals surface area contributed by atoms with E-state index in [0.717, 1.165) is 5.75 Å². The second-order valence-corrected chi connectivity index (χ2v) is 8.01. The van der Waals surface area contributed by atoms with Gasteiger partial charge in [-0.3, -0.25) is 4.79 Å². The molecule has 0 spiro atoms. The molecule has 1 heterocycles. The number of sulfone groups is 1. The quantitative estimate of drug-likeness (QED) is 0.910. The molecular weight excluding hydrogens is 296 g/mol. The third kappa shape index (κ3) is 3.09. The number of para-hydroxylation sites is 1. The number of carbonyl (C=O) groups excluding carboxylic acids is 1. The number of anilines is 1. The number of rotatable bonds is 3. The maximum absolute atomic E-state index is 12.6. The molecule has 1 unspecified atom stereocenters. The van der Waals surface area contributed by atoms with E-state index in [-0.39, 0.29) is 5.91 Å². The van der Waals surface area contributed by atoms with E-state index in [9.17, 15) is 13.2 Å². The minimum atomic E-state index is -3.28. The van der Waals surface area contributed by atoms with Crippen LogP contribution in [0.15, 0.2) is 24.3 Å². The van der Waals surface area contributed by atoms with Crippen molar-refractivity contribution in [2.75, 3.05) is 36.7 Å². The standard InChI is InChI=1S/C13H18N2O3S2/c1-14-11-6-4-3-5-10(11)13(16)15-7-8-19-9-12(15)20(2,17)18/h3-6,12,14H,7-9H2,1-2H3. The van der Waals surface area contributed by atoms with Crippen molar-refractivity contribution in [3.05, 3.63) is 29.8 Å². The van der Waals surface area contributed by atoms with Gasteiger partial charge in [-0.15, -0.1) is 0 Å². The fourth-order valence-corrected chi connectivity index (χ4v) is 5.03. The van der Waals surface area contributed by atoms with Crippen molar-refractivity contribution >= 4 is 33.2 Å². The fraction of sp³-hybridized carbons (Fsp3) is 0.462. The van der Waals surface area contributed by atoms with Gasteiger partial charge in [-0.25, -0.2) is 8.42 Å². The van der Waals surface area contributed by atoms with E-state index in [4.69, 9.17) is 0 Å². The second-order valence-electron chi connectivity index (χ2n) is 4.65. The molecule has 1 aromatic rings. The molecule has 0 saturated carbocycles. The number of hydrogen-bond acceptors (Lipinski definition) is 5. The summed E-state index contributed by atoms with van der Waals surface area (Å²) in [4.78, 5) is 14.1. The molecule has 0 bridgehead atoms. The van der Waals surface area contributed by atoms with Crippen LogP contribution >= 0.6 is 11.8 Å². The fourth-order valence-electron chi connectivity index (χ4n) is 2.21. The number of nitrogens with zero attached hydrogens (tertiary/aromatic N) is 1. The van der Waals surface area contributed by atoms with Crippen molar-refractivity contribution in [1.29, 1.82) is 0 Å². The molecule has 7 heteroatoms. The highest BCUT2D eigenvalue weighted by molar-refractivity contribution is 8.00. The smallest absolute Gasteiger partial charge is 0.257 e. The summed E-state index contributed by atoms with van der Waals surface area (Å²) in [7, 11) is -1.54. The summed E-state index contributed by atoms with van der Waals surface area (Å²) in [6.07, 6.45) is 1.19. The van der Waals surface area contributed by atoms with Crippen LogP contribution in [0.4, 0.5) is 5.69 Å². The van der Waals surface area contributed by atoms with Crippen molar-refractivity contribution in [3.63, 3.8) is 0 Å². The largest absolute Gasteiger partial charge is 0.387 e. The molecule has 1 fully saturated rings. The second kappa shape index (κ2) is 6.05. The van der Waals surface area contributed by atoms with Gasteiger partial charge in [0.2, 0.25) is 0 Å². The molecule has 1 N–H and O–H groups in total. The van der Waals surface area contributed by atoms with Gasteiger partial charge in [0.1, 0.15) is 5.37 Å². The SMILES string of the molecule is CNc1ccccc1C(=O)N1CCSCC1S(C)(=O)=O. The number of benzene rings is 1. The van der Waals surface area contributed by atoms with Crippen LogP contribution in [-0.2, 0) is 9.84 Å². The van der Waals surface area contributed by atoms with E-state index in [1.54, 1.807) is 37.0 Å². The van der Waals surface area contributed by atoms with Crippen LogP contribution in [0, 0.1) is 0 Å². The number of carbonyl (C=O) groups is 1. The lowest BCUT2D eigenvalue weighted by atomic mass is 10.1. The maximum Gasteiger partial charge on any atom is 0.257 e. The number of hydrogen-bond donors (Lipinski definition) is 1. The third-order valence-electron chi connectivity index (χ3n) is 3.27. The predicted molar refractivity (Wildman–Crippen MR) is 83.0 cm³/mol. The molecule has 1 aliphatic rings. The van der Waals surface area contributed by atoms with Crippen LogP contribution in [0.1, 0.15) is 10.4 Å². The van der Waals surface area contributed by atoms with Gasteiger partial charge in [0.25, 0.3) is 5.91 Å². The summed E-state index contributed by atoms with van der Waals surface area (Å²) in [6.45, 7) is 0.458. The highest BCUT2D eigenvalue weighted by Gasteiger charge is 2.35. The Labute approximate surface area is 123 Å². The van der Waals surface area contributed by atoms with Gasteiger partial charge < -0.3 is 10.2 Å². The van der Waals surface area contributed by atoms with Crippen LogP contribution < -0.4 is 5.32 Å². The zero-order chi connectivity index (χ0) is 14.8. The Bertz CT molecular complexity index is 601. The van der Waals surface area contributed by atoms with Gasteiger partial charge in [-0.2, -0.15) is 11.8 Å². The number of thioether (sulfide) groups is 1. The first-order valence-corrected chi connectivity index (χ1v) is 9.40. The first-order chi connectivity index (χ1) is 9.45. The van der Waals surface area contributed by atoms with Crippen molar-refractivity contribution in [2.45, 2.75) is 5.37 Å². The molecule has 0 aliphatic carbocycles. The molecule has 20 heavy (non-hydrogen) atoms. The van der Waals surface area contributed by atoms with Crippen LogP contribution in [0.2, 0.25) is 0 Å². The molecular formula is C13H18N2O3S2. The van der Waals surface area contributed by atoms with Gasteiger partial charge in [-0.1, -0.05) is 12.1 Å². The van der Waals surface area contributed by atoms with Crippen molar-refractivity contribution < 1.29 is 13.2 Å². The predicted octanol–water partition coefficient (Wildman–Crippen LogP) is 1.29. The van der Waals surface area contributed by atoms with Crippen LogP contribution in [0.25, 0.3) is 0 Å². The van der Waals surface area contributed by atoms with Gasteiger partial charge >= 0.3 is 0 Å². The zero-order valence-corrected chi connectivity index (χ0v) is 13.1. The van der Waals surface area contributed by atoms with E-state index in [1.165, 1.54) is 11.2 Å². The average Bonchev–Trinajstić information content (AvgIpc) is 2.45. The molecule has 0 radical (unpaired) electrons. The van der Waals surface area contributed by atoms with Crippen molar-refractivity contribution in [3.8, 4) is 0 Å². The van der Waals surface area contributed by atoms with E-state index >= 15 is 0 Å². The highest BCUT2D eigenvalue weighted by atomic mass is 32.2. The third-order valence-corrected chi connectivity index (χ3v) is 5.91. The molecule has 1 amide bonds. The molecule has 110 valence electrons. The summed E-state index contributed by atoms with van der Waals surface area (Å²) in [6, 6.07) is 7.14. The van der Waals surface area contributed by atoms with Crippen LogP contribution in [0.3, 0.4) is 0 Å². The van der Waals surface area contributed by atoms with Gasteiger partial charge in [-0.05, 0) is 12.1 Å². The topological polar surface area (TPSA) is 66.5 Å². The number of nitrogens with one attached hydrogen (secondary N) is 1. The van der Waals surface area contributed by atoms with Gasteiger partial charge in [0.05, 0.1) is 5.56 Å². The summed E-state index contributed by atoms with van der Waals surface area (Å²) >= 11 is 1.57. The molecule has 1 atom stereocenters. The lowest BCUT2D eigenvalue weighted by Crippen LogP contribution is -2.50.